The Morgan fingerprint density at radius 2 is 2.16 bits per heavy atom. The molecule has 0 saturated carbocycles. The number of nitrogen functional groups attached to an aromatic ring is 1. The van der Waals surface area contributed by atoms with E-state index in [2.05, 4.69) is 15.2 Å². The largest absolute Gasteiger partial charge is 0.396 e. The highest BCUT2D eigenvalue weighted by molar-refractivity contribution is 5.60. The van der Waals surface area contributed by atoms with E-state index in [9.17, 15) is 4.39 Å². The molecule has 0 unspecified atom stereocenters. The highest BCUT2D eigenvalue weighted by Gasteiger charge is 2.13. The molecule has 3 rings (SSSR count). The number of benzene rings is 1. The molecule has 2 heterocycles. The van der Waals surface area contributed by atoms with Crippen molar-refractivity contribution in [2.45, 2.75) is 0 Å². The van der Waals surface area contributed by atoms with Crippen LogP contribution in [-0.2, 0) is 7.05 Å². The Bertz CT molecular complexity index is 733. The van der Waals surface area contributed by atoms with E-state index in [0.29, 0.717) is 17.1 Å². The molecule has 0 saturated heterocycles. The molecule has 0 spiro atoms. The molecular formula is C12H10FN5O. The van der Waals surface area contributed by atoms with Gasteiger partial charge in [-0.05, 0) is 24.3 Å². The van der Waals surface area contributed by atoms with Gasteiger partial charge in [0.1, 0.15) is 11.5 Å². The van der Waals surface area contributed by atoms with Crippen molar-refractivity contribution in [3.05, 3.63) is 36.3 Å². The van der Waals surface area contributed by atoms with Crippen molar-refractivity contribution in [1.29, 1.82) is 0 Å². The van der Waals surface area contributed by atoms with Crippen molar-refractivity contribution >= 4 is 5.69 Å². The van der Waals surface area contributed by atoms with Crippen molar-refractivity contribution in [3.8, 4) is 23.0 Å². The molecule has 7 heteroatoms. The molecule has 0 amide bonds. The Kier molecular flexibility index (Phi) is 2.52. The third-order valence-corrected chi connectivity index (χ3v) is 2.62. The molecular weight excluding hydrogens is 249 g/mol. The van der Waals surface area contributed by atoms with Gasteiger partial charge in [-0.15, -0.1) is 0 Å². The van der Waals surface area contributed by atoms with Gasteiger partial charge >= 0.3 is 0 Å². The molecule has 3 aromatic rings. The van der Waals surface area contributed by atoms with Gasteiger partial charge in [-0.2, -0.15) is 10.1 Å². The molecule has 0 aliphatic rings. The normalized spacial score (nSPS) is 10.8. The van der Waals surface area contributed by atoms with E-state index in [-0.39, 0.29) is 11.6 Å². The molecule has 6 nitrogen and oxygen atoms in total. The summed E-state index contributed by atoms with van der Waals surface area (Å²) in [6.45, 7) is 0. The lowest BCUT2D eigenvalue weighted by atomic mass is 10.2. The van der Waals surface area contributed by atoms with E-state index in [1.54, 1.807) is 30.1 Å². The molecule has 0 fully saturated rings. The van der Waals surface area contributed by atoms with E-state index in [4.69, 9.17) is 10.3 Å². The fraction of sp³-hybridized carbons (Fsp3) is 0.0833. The average Bonchev–Trinajstić information content (AvgIpc) is 3.01. The van der Waals surface area contributed by atoms with Crippen LogP contribution in [0.15, 0.2) is 35.0 Å². The monoisotopic (exact) mass is 259 g/mol. The van der Waals surface area contributed by atoms with Crippen LogP contribution in [0.4, 0.5) is 10.1 Å². The second-order valence-electron chi connectivity index (χ2n) is 4.03. The molecule has 0 radical (unpaired) electrons. The quantitative estimate of drug-likeness (QED) is 0.710. The molecule has 1 aromatic carbocycles. The van der Waals surface area contributed by atoms with Crippen LogP contribution in [0.1, 0.15) is 0 Å². The molecule has 2 N–H and O–H groups in total. The van der Waals surface area contributed by atoms with Crippen LogP contribution >= 0.6 is 0 Å². The van der Waals surface area contributed by atoms with Crippen molar-refractivity contribution in [1.82, 2.24) is 19.9 Å². The van der Waals surface area contributed by atoms with E-state index in [0.717, 1.165) is 0 Å². The first-order chi connectivity index (χ1) is 9.13. The van der Waals surface area contributed by atoms with Crippen molar-refractivity contribution in [2.24, 2.45) is 7.05 Å². The predicted molar refractivity (Wildman–Crippen MR) is 66.3 cm³/mol. The van der Waals surface area contributed by atoms with E-state index in [1.807, 2.05) is 0 Å². The van der Waals surface area contributed by atoms with Crippen molar-refractivity contribution in [3.63, 3.8) is 0 Å². The first-order valence-corrected chi connectivity index (χ1v) is 5.52. The van der Waals surface area contributed by atoms with Crippen LogP contribution in [0.3, 0.4) is 0 Å². The second kappa shape index (κ2) is 4.20. The summed E-state index contributed by atoms with van der Waals surface area (Å²) in [5.74, 6) is 0.0578. The molecule has 0 bridgehead atoms. The highest BCUT2D eigenvalue weighted by atomic mass is 19.1. The zero-order valence-corrected chi connectivity index (χ0v) is 10.0. The van der Waals surface area contributed by atoms with E-state index >= 15 is 0 Å². The van der Waals surface area contributed by atoms with Gasteiger partial charge in [0.05, 0.1) is 5.69 Å². The maximum atomic E-state index is 13.4. The third-order valence-electron chi connectivity index (χ3n) is 2.62. The summed E-state index contributed by atoms with van der Waals surface area (Å²) >= 11 is 0. The number of hydrogen-bond acceptors (Lipinski definition) is 5. The van der Waals surface area contributed by atoms with Gasteiger partial charge in [-0.3, -0.25) is 4.68 Å². The number of rotatable bonds is 2. The average molecular weight is 259 g/mol. The van der Waals surface area contributed by atoms with Gasteiger partial charge in [0.25, 0.3) is 5.89 Å². The lowest BCUT2D eigenvalue weighted by Gasteiger charge is -1.97. The van der Waals surface area contributed by atoms with Crippen molar-refractivity contribution in [2.75, 3.05) is 5.73 Å². The molecule has 96 valence electrons. The number of hydrogen-bond donors (Lipinski definition) is 1. The topological polar surface area (TPSA) is 82.8 Å². The van der Waals surface area contributed by atoms with Crippen LogP contribution in [0.25, 0.3) is 23.0 Å². The number of halogens is 1. The first-order valence-electron chi connectivity index (χ1n) is 5.52. The van der Waals surface area contributed by atoms with Crippen LogP contribution in [0, 0.1) is 5.82 Å². The zero-order chi connectivity index (χ0) is 13.4. The molecule has 0 atom stereocenters. The minimum Gasteiger partial charge on any atom is -0.396 e. The van der Waals surface area contributed by atoms with Crippen LogP contribution in [0.5, 0.6) is 0 Å². The fourth-order valence-corrected chi connectivity index (χ4v) is 1.64. The van der Waals surface area contributed by atoms with Gasteiger partial charge in [-0.1, -0.05) is 5.16 Å². The zero-order valence-electron chi connectivity index (χ0n) is 10.0. The number of nitrogens with zero attached hydrogens (tertiary/aromatic N) is 4. The predicted octanol–water partition coefficient (Wildman–Crippen LogP) is 1.86. The summed E-state index contributed by atoms with van der Waals surface area (Å²) in [4.78, 5) is 4.17. The first kappa shape index (κ1) is 11.4. The Labute approximate surface area is 107 Å². The van der Waals surface area contributed by atoms with Gasteiger partial charge < -0.3 is 10.3 Å². The summed E-state index contributed by atoms with van der Waals surface area (Å²) in [5, 5.41) is 7.97. The lowest BCUT2D eigenvalue weighted by molar-refractivity contribution is 0.431. The highest BCUT2D eigenvalue weighted by Crippen LogP contribution is 2.23. The van der Waals surface area contributed by atoms with Crippen molar-refractivity contribution < 1.29 is 8.91 Å². The van der Waals surface area contributed by atoms with Crippen LogP contribution < -0.4 is 5.73 Å². The van der Waals surface area contributed by atoms with Crippen LogP contribution in [-0.4, -0.2) is 19.9 Å². The number of anilines is 1. The minimum atomic E-state index is -0.518. The molecule has 0 aliphatic heterocycles. The number of aromatic nitrogens is 4. The second-order valence-corrected chi connectivity index (χ2v) is 4.03. The fourth-order valence-electron chi connectivity index (χ4n) is 1.64. The van der Waals surface area contributed by atoms with Gasteiger partial charge in [0, 0.05) is 18.8 Å². The van der Waals surface area contributed by atoms with Gasteiger partial charge in [0.15, 0.2) is 0 Å². The Morgan fingerprint density at radius 3 is 2.84 bits per heavy atom. The Balaban J connectivity index is 1.98. The number of nitrogens with two attached hydrogens (primary N) is 1. The smallest absolute Gasteiger partial charge is 0.258 e. The van der Waals surface area contributed by atoms with Gasteiger partial charge in [0.2, 0.25) is 5.82 Å². The maximum absolute atomic E-state index is 13.4. The van der Waals surface area contributed by atoms with Gasteiger partial charge in [-0.25, -0.2) is 4.39 Å². The lowest BCUT2D eigenvalue weighted by Crippen LogP contribution is -1.91. The Morgan fingerprint density at radius 1 is 1.32 bits per heavy atom. The summed E-state index contributed by atoms with van der Waals surface area (Å²) in [7, 11) is 1.79. The standard InChI is InChI=1S/C12H10FN5O/c1-18-5-4-10(16-18)11-15-12(19-17-11)7-2-3-9(14)8(13)6-7/h2-6H,14H2,1H3. The third kappa shape index (κ3) is 2.05. The minimum absolute atomic E-state index is 0.0771. The summed E-state index contributed by atoms with van der Waals surface area (Å²) in [6, 6.07) is 6.09. The molecule has 0 aliphatic carbocycles. The summed E-state index contributed by atoms with van der Waals surface area (Å²) in [5.41, 5.74) is 6.55. The van der Waals surface area contributed by atoms with Crippen LogP contribution in [0.2, 0.25) is 0 Å². The molecule has 19 heavy (non-hydrogen) atoms. The van der Waals surface area contributed by atoms with E-state index < -0.39 is 5.82 Å². The number of aryl methyl sites for hydroxylation is 1. The molecule has 2 aromatic heterocycles. The summed E-state index contributed by atoms with van der Waals surface area (Å²) < 4.78 is 20.1. The van der Waals surface area contributed by atoms with E-state index in [1.165, 1.54) is 12.1 Å². The maximum Gasteiger partial charge on any atom is 0.258 e. The Hall–Kier alpha value is -2.70. The summed E-state index contributed by atoms with van der Waals surface area (Å²) in [6.07, 6.45) is 1.77. The SMILES string of the molecule is Cn1ccc(-c2noc(-c3ccc(N)c(F)c3)n2)n1.